The first-order valence-electron chi connectivity index (χ1n) is 5.36. The van der Waals surface area contributed by atoms with Gasteiger partial charge in [0.1, 0.15) is 6.54 Å². The number of nitrogens with one attached hydrogen (secondary N) is 1. The monoisotopic (exact) mass is 300 g/mol. The predicted octanol–water partition coefficient (Wildman–Crippen LogP) is -1.59. The van der Waals surface area contributed by atoms with Crippen molar-refractivity contribution in [2.24, 2.45) is 0 Å². The first kappa shape index (κ1) is 15.3. The molecule has 8 nitrogen and oxygen atoms in total. The lowest BCUT2D eigenvalue weighted by Crippen LogP contribution is -2.49. The Labute approximate surface area is 106 Å². The average Bonchev–Trinajstić information content (AvgIpc) is 2.54. The summed E-state index contributed by atoms with van der Waals surface area (Å²) >= 11 is 0. The second-order valence-electron chi connectivity index (χ2n) is 4.00. The van der Waals surface area contributed by atoms with Crippen molar-refractivity contribution >= 4 is 26.0 Å². The summed E-state index contributed by atoms with van der Waals surface area (Å²) in [5.74, 6) is -1.76. The molecule has 1 aliphatic rings. The number of rotatable bonds is 6. The standard InChI is InChI=1S/C8H16N2O6S2/c1-2-9-18(15,16)10(5-8(11)12)7-3-4-17(13,14)6-7/h7,9H,2-6H2,1H3,(H,11,12). The van der Waals surface area contributed by atoms with Gasteiger partial charge in [-0.25, -0.2) is 13.1 Å². The lowest BCUT2D eigenvalue weighted by Gasteiger charge is -2.25. The molecule has 0 spiro atoms. The molecule has 0 radical (unpaired) electrons. The molecule has 0 aliphatic carbocycles. The van der Waals surface area contributed by atoms with Crippen LogP contribution in [0.5, 0.6) is 0 Å². The predicted molar refractivity (Wildman–Crippen MR) is 64.0 cm³/mol. The zero-order chi connectivity index (χ0) is 14.0. The molecule has 0 saturated carbocycles. The van der Waals surface area contributed by atoms with Gasteiger partial charge in [-0.3, -0.25) is 4.79 Å². The third kappa shape index (κ3) is 3.90. The minimum absolute atomic E-state index is 0.109. The maximum atomic E-state index is 11.8. The number of hydrogen-bond donors (Lipinski definition) is 2. The van der Waals surface area contributed by atoms with E-state index >= 15 is 0 Å². The Morgan fingerprint density at radius 3 is 2.50 bits per heavy atom. The van der Waals surface area contributed by atoms with Crippen LogP contribution < -0.4 is 4.72 Å². The van der Waals surface area contributed by atoms with Crippen molar-refractivity contribution in [3.05, 3.63) is 0 Å². The van der Waals surface area contributed by atoms with Crippen molar-refractivity contribution in [3.8, 4) is 0 Å². The Balaban J connectivity index is 2.96. The summed E-state index contributed by atoms with van der Waals surface area (Å²) in [6, 6.07) is -0.810. The van der Waals surface area contributed by atoms with Crippen molar-refractivity contribution in [2.75, 3.05) is 24.6 Å². The number of carboxylic acids is 1. The lowest BCUT2D eigenvalue weighted by atomic mass is 10.2. The van der Waals surface area contributed by atoms with Crippen LogP contribution in [-0.4, -0.2) is 62.9 Å². The Hall–Kier alpha value is -0.710. The van der Waals surface area contributed by atoms with Gasteiger partial charge < -0.3 is 5.11 Å². The van der Waals surface area contributed by atoms with Crippen LogP contribution in [-0.2, 0) is 24.8 Å². The molecule has 10 heteroatoms. The third-order valence-electron chi connectivity index (χ3n) is 2.54. The third-order valence-corrected chi connectivity index (χ3v) is 5.99. The molecule has 1 fully saturated rings. The highest BCUT2D eigenvalue weighted by atomic mass is 32.2. The number of hydrogen-bond acceptors (Lipinski definition) is 5. The van der Waals surface area contributed by atoms with Crippen LogP contribution in [0.15, 0.2) is 0 Å². The molecule has 2 N–H and O–H groups in total. The van der Waals surface area contributed by atoms with Crippen LogP contribution in [0, 0.1) is 0 Å². The molecule has 1 heterocycles. The molecule has 1 unspecified atom stereocenters. The van der Waals surface area contributed by atoms with Crippen LogP contribution in [0.3, 0.4) is 0 Å². The molecule has 106 valence electrons. The van der Waals surface area contributed by atoms with E-state index < -0.39 is 38.6 Å². The van der Waals surface area contributed by atoms with Crippen molar-refractivity contribution in [1.82, 2.24) is 9.03 Å². The number of carbonyl (C=O) groups is 1. The van der Waals surface area contributed by atoms with Gasteiger partial charge in [-0.1, -0.05) is 6.92 Å². The van der Waals surface area contributed by atoms with E-state index in [0.717, 1.165) is 0 Å². The van der Waals surface area contributed by atoms with E-state index in [9.17, 15) is 21.6 Å². The quantitative estimate of drug-likeness (QED) is 0.610. The summed E-state index contributed by atoms with van der Waals surface area (Å²) in [5, 5.41) is 8.72. The molecule has 1 aliphatic heterocycles. The van der Waals surface area contributed by atoms with Gasteiger partial charge >= 0.3 is 5.97 Å². The van der Waals surface area contributed by atoms with Crippen LogP contribution in [0.25, 0.3) is 0 Å². The van der Waals surface area contributed by atoms with Gasteiger partial charge in [0, 0.05) is 12.6 Å². The first-order chi connectivity index (χ1) is 8.18. The van der Waals surface area contributed by atoms with E-state index in [1.807, 2.05) is 0 Å². The highest BCUT2D eigenvalue weighted by molar-refractivity contribution is 7.91. The molecule has 0 aromatic carbocycles. The Morgan fingerprint density at radius 1 is 1.50 bits per heavy atom. The Kier molecular flexibility index (Phi) is 4.70. The molecule has 0 amide bonds. The van der Waals surface area contributed by atoms with Crippen LogP contribution >= 0.6 is 0 Å². The topological polar surface area (TPSA) is 121 Å². The smallest absolute Gasteiger partial charge is 0.318 e. The van der Waals surface area contributed by atoms with Gasteiger partial charge in [0.2, 0.25) is 0 Å². The van der Waals surface area contributed by atoms with Gasteiger partial charge in [-0.15, -0.1) is 0 Å². The summed E-state index contributed by atoms with van der Waals surface area (Å²) in [6.45, 7) is 0.926. The fourth-order valence-electron chi connectivity index (χ4n) is 1.81. The van der Waals surface area contributed by atoms with Gasteiger partial charge in [0.05, 0.1) is 11.5 Å². The fraction of sp³-hybridized carbons (Fsp3) is 0.875. The SMILES string of the molecule is CCNS(=O)(=O)N(CC(=O)O)C1CCS(=O)(=O)C1. The fourth-order valence-corrected chi connectivity index (χ4v) is 5.02. The van der Waals surface area contributed by atoms with Crippen molar-refractivity contribution in [3.63, 3.8) is 0 Å². The number of aliphatic carboxylic acids is 1. The number of carboxylic acid groups (broad SMARTS) is 1. The van der Waals surface area contributed by atoms with E-state index in [1.165, 1.54) is 0 Å². The summed E-state index contributed by atoms with van der Waals surface area (Å²) in [6.07, 6.45) is 0.125. The first-order valence-corrected chi connectivity index (χ1v) is 8.63. The summed E-state index contributed by atoms with van der Waals surface area (Å²) in [5.41, 5.74) is 0. The van der Waals surface area contributed by atoms with Gasteiger partial charge in [-0.05, 0) is 6.42 Å². The minimum atomic E-state index is -3.96. The molecule has 18 heavy (non-hydrogen) atoms. The lowest BCUT2D eigenvalue weighted by molar-refractivity contribution is -0.137. The molecule has 1 rings (SSSR count). The second kappa shape index (κ2) is 5.51. The highest BCUT2D eigenvalue weighted by Gasteiger charge is 2.38. The second-order valence-corrected chi connectivity index (χ2v) is 7.94. The zero-order valence-corrected chi connectivity index (χ0v) is 11.5. The number of nitrogens with zero attached hydrogens (tertiary/aromatic N) is 1. The number of sulfone groups is 1. The average molecular weight is 300 g/mol. The van der Waals surface area contributed by atoms with Gasteiger partial charge in [0.15, 0.2) is 9.84 Å². The molecule has 0 bridgehead atoms. The van der Waals surface area contributed by atoms with E-state index in [2.05, 4.69) is 4.72 Å². The Morgan fingerprint density at radius 2 is 2.11 bits per heavy atom. The van der Waals surface area contributed by atoms with E-state index in [0.29, 0.717) is 4.31 Å². The van der Waals surface area contributed by atoms with Crippen LogP contribution in [0.1, 0.15) is 13.3 Å². The maximum Gasteiger partial charge on any atom is 0.318 e. The molecule has 0 aromatic rings. The summed E-state index contributed by atoms with van der Waals surface area (Å²) in [4.78, 5) is 10.7. The van der Waals surface area contributed by atoms with Crippen molar-refractivity contribution in [1.29, 1.82) is 0 Å². The Bertz CT molecular complexity index is 512. The molecular weight excluding hydrogens is 284 g/mol. The highest BCUT2D eigenvalue weighted by Crippen LogP contribution is 2.19. The van der Waals surface area contributed by atoms with E-state index in [1.54, 1.807) is 6.92 Å². The zero-order valence-electron chi connectivity index (χ0n) is 9.87. The molecule has 1 atom stereocenters. The van der Waals surface area contributed by atoms with Crippen LogP contribution in [0.2, 0.25) is 0 Å². The van der Waals surface area contributed by atoms with Gasteiger partial charge in [0.25, 0.3) is 10.2 Å². The molecular formula is C8H16N2O6S2. The van der Waals surface area contributed by atoms with Gasteiger partial charge in [-0.2, -0.15) is 12.7 Å². The van der Waals surface area contributed by atoms with Crippen molar-refractivity contribution < 1.29 is 26.7 Å². The minimum Gasteiger partial charge on any atom is -0.480 e. The molecule has 1 saturated heterocycles. The normalized spacial score (nSPS) is 23.3. The largest absolute Gasteiger partial charge is 0.480 e. The molecule has 0 aromatic heterocycles. The van der Waals surface area contributed by atoms with E-state index in [-0.39, 0.29) is 24.5 Å². The summed E-state index contributed by atoms with van der Waals surface area (Å²) in [7, 11) is -7.24. The summed E-state index contributed by atoms with van der Waals surface area (Å²) < 4.78 is 49.2. The van der Waals surface area contributed by atoms with Crippen molar-refractivity contribution in [2.45, 2.75) is 19.4 Å². The van der Waals surface area contributed by atoms with E-state index in [4.69, 9.17) is 5.11 Å². The maximum absolute atomic E-state index is 11.8. The van der Waals surface area contributed by atoms with Crippen LogP contribution in [0.4, 0.5) is 0 Å².